The Balaban J connectivity index is 0.000000345. The highest BCUT2D eigenvalue weighted by Crippen LogP contribution is 2.18. The summed E-state index contributed by atoms with van der Waals surface area (Å²) >= 11 is 0. The Morgan fingerprint density at radius 2 is 0.877 bits per heavy atom. The summed E-state index contributed by atoms with van der Waals surface area (Å²) < 4.78 is 0. The number of carbonyl (C=O) groups is 10. The number of Topliss-reactive ketones (excluding diaryl/α,β-unsaturated/α-hetero) is 2. The van der Waals surface area contributed by atoms with Crippen molar-refractivity contribution in [1.82, 2.24) is 25.8 Å². The van der Waals surface area contributed by atoms with Gasteiger partial charge in [-0.2, -0.15) is 0 Å². The lowest BCUT2D eigenvalue weighted by Gasteiger charge is -2.23. The van der Waals surface area contributed by atoms with Crippen LogP contribution in [0.25, 0.3) is 0 Å². The van der Waals surface area contributed by atoms with Crippen LogP contribution in [-0.2, 0) is 61.0 Å². The number of imide groups is 2. The number of ketones is 2. The van der Waals surface area contributed by atoms with Gasteiger partial charge < -0.3 is 32.3 Å². The highest BCUT2D eigenvalue weighted by atomic mass is 16.2. The predicted octanol–water partition coefficient (Wildman–Crippen LogP) is 2.53. The van der Waals surface area contributed by atoms with Crippen LogP contribution in [0.3, 0.4) is 0 Å². The minimum Gasteiger partial charge on any atom is -0.346 e. The molecular formula is C47H62N8O10. The zero-order chi connectivity index (χ0) is 48.4. The molecule has 18 heteroatoms. The lowest BCUT2D eigenvalue weighted by atomic mass is 9.92. The first-order chi connectivity index (χ1) is 30.7. The molecule has 4 rings (SSSR count). The molecule has 0 radical (unpaired) electrons. The second-order valence-electron chi connectivity index (χ2n) is 16.7. The Bertz CT molecular complexity index is 2100. The van der Waals surface area contributed by atoms with Crippen molar-refractivity contribution in [2.45, 2.75) is 92.4 Å². The van der Waals surface area contributed by atoms with Crippen LogP contribution < -0.4 is 32.3 Å². The van der Waals surface area contributed by atoms with E-state index in [4.69, 9.17) is 5.73 Å². The Morgan fingerprint density at radius 1 is 0.538 bits per heavy atom. The van der Waals surface area contributed by atoms with Gasteiger partial charge in [-0.3, -0.25) is 57.7 Å². The van der Waals surface area contributed by atoms with Crippen LogP contribution in [0.5, 0.6) is 0 Å². The maximum absolute atomic E-state index is 12.8. The standard InChI is InChI=1S/C24H32N4O5.C23H30N4O5/c1-15(2)23(27-20(30)11-12-28-21(31)9-10-22(28)32)19(29)13-16(3)24(33)26-18-7-5-17(6-8-18)14-25-4;1-14(2)22(26-19(29)10-11-27-20(30)8-9-21(27)31)18(28)12-15(3)23(32)25-17-6-4-16(13-24)5-7-17/h5-10,15-16,23,25H,11-14H2,1-4H3,(H,26,33)(H,27,30);4-9,14-15,22H,10-13,24H2,1-3H3,(H,25,32)(H,26,29)/t16-,23?;15-,22?/m11/s1. The van der Waals surface area contributed by atoms with E-state index < -0.39 is 59.4 Å². The summed E-state index contributed by atoms with van der Waals surface area (Å²) in [6, 6.07) is 13.0. The summed E-state index contributed by atoms with van der Waals surface area (Å²) in [7, 11) is 1.86. The van der Waals surface area contributed by atoms with Crippen LogP contribution in [0.1, 0.15) is 78.4 Å². The minimum absolute atomic E-state index is 0.0280. The summed E-state index contributed by atoms with van der Waals surface area (Å²) in [5, 5.41) is 14.0. The Hall–Kier alpha value is -6.66. The number of hydrogen-bond acceptors (Lipinski definition) is 12. The zero-order valence-electron chi connectivity index (χ0n) is 38.1. The van der Waals surface area contributed by atoms with Gasteiger partial charge in [-0.1, -0.05) is 65.8 Å². The number of rotatable bonds is 23. The van der Waals surface area contributed by atoms with Crippen molar-refractivity contribution in [3.63, 3.8) is 0 Å². The fourth-order valence-electron chi connectivity index (χ4n) is 6.67. The lowest BCUT2D eigenvalue weighted by Crippen LogP contribution is -2.46. The van der Waals surface area contributed by atoms with Gasteiger partial charge in [0.15, 0.2) is 11.6 Å². The molecule has 2 unspecified atom stereocenters. The maximum atomic E-state index is 12.8. The topological polar surface area (TPSA) is 263 Å². The van der Waals surface area contributed by atoms with E-state index in [9.17, 15) is 47.9 Å². The van der Waals surface area contributed by atoms with E-state index in [0.29, 0.717) is 17.9 Å². The summed E-state index contributed by atoms with van der Waals surface area (Å²) in [5.74, 6) is -5.37. The van der Waals surface area contributed by atoms with Gasteiger partial charge in [0.1, 0.15) is 0 Å². The number of nitrogens with zero attached hydrogens (tertiary/aromatic N) is 2. The van der Waals surface area contributed by atoms with Crippen LogP contribution in [0.2, 0.25) is 0 Å². The highest BCUT2D eigenvalue weighted by Gasteiger charge is 2.31. The van der Waals surface area contributed by atoms with Crippen LogP contribution >= 0.6 is 0 Å². The van der Waals surface area contributed by atoms with E-state index in [1.54, 1.807) is 53.7 Å². The SMILES string of the molecule is CC(C)C(NC(=O)CCN1C(=O)C=CC1=O)C(=O)C[C@@H](C)C(=O)Nc1ccc(CN)cc1.CNCc1ccc(NC(=O)[C@H](C)CC(=O)C(NC(=O)CCN2C(=O)C=CC2=O)C(C)C)cc1. The van der Waals surface area contributed by atoms with E-state index in [0.717, 1.165) is 51.8 Å². The van der Waals surface area contributed by atoms with Gasteiger partial charge in [0.25, 0.3) is 23.6 Å². The van der Waals surface area contributed by atoms with Crippen molar-refractivity contribution >= 4 is 70.2 Å². The molecule has 2 aromatic rings. The molecule has 4 atom stereocenters. The molecule has 8 amide bonds. The van der Waals surface area contributed by atoms with Gasteiger partial charge in [-0.05, 0) is 54.3 Å². The average molecular weight is 899 g/mol. The number of hydrogen-bond donors (Lipinski definition) is 6. The molecule has 2 heterocycles. The van der Waals surface area contributed by atoms with Crippen molar-refractivity contribution < 1.29 is 47.9 Å². The van der Waals surface area contributed by atoms with Crippen LogP contribution in [0.4, 0.5) is 11.4 Å². The Kier molecular flexibility index (Phi) is 20.7. The highest BCUT2D eigenvalue weighted by molar-refractivity contribution is 6.13. The van der Waals surface area contributed by atoms with Crippen LogP contribution in [-0.4, -0.2) is 101 Å². The number of nitrogens with one attached hydrogen (secondary N) is 5. The van der Waals surface area contributed by atoms with Gasteiger partial charge >= 0.3 is 0 Å². The van der Waals surface area contributed by atoms with E-state index in [2.05, 4.69) is 26.6 Å². The predicted molar refractivity (Wildman–Crippen MR) is 243 cm³/mol. The van der Waals surface area contributed by atoms with Gasteiger partial charge in [-0.15, -0.1) is 0 Å². The molecule has 350 valence electrons. The average Bonchev–Trinajstić information content (AvgIpc) is 3.77. The molecule has 7 N–H and O–H groups in total. The summed E-state index contributed by atoms with van der Waals surface area (Å²) in [4.78, 5) is 124. The number of benzene rings is 2. The first kappa shape index (κ1) is 52.7. The third kappa shape index (κ3) is 16.8. The molecule has 2 aliphatic rings. The largest absolute Gasteiger partial charge is 0.346 e. The molecule has 65 heavy (non-hydrogen) atoms. The summed E-state index contributed by atoms with van der Waals surface area (Å²) in [6.07, 6.45) is 4.34. The molecule has 0 spiro atoms. The van der Waals surface area contributed by atoms with Gasteiger partial charge in [0.2, 0.25) is 23.6 Å². The number of carbonyl (C=O) groups excluding carboxylic acids is 10. The quantitative estimate of drug-likeness (QED) is 0.0880. The monoisotopic (exact) mass is 898 g/mol. The fraction of sp³-hybridized carbons (Fsp3) is 0.447. The van der Waals surface area contributed by atoms with Crippen molar-refractivity contribution in [2.24, 2.45) is 29.4 Å². The second kappa shape index (κ2) is 25.6. The van der Waals surface area contributed by atoms with Crippen LogP contribution in [0, 0.1) is 23.7 Å². The normalized spacial score (nSPS) is 15.0. The Morgan fingerprint density at radius 3 is 1.18 bits per heavy atom. The van der Waals surface area contributed by atoms with Gasteiger partial charge in [-0.25, -0.2) is 0 Å². The number of amides is 8. The molecule has 0 saturated carbocycles. The molecule has 2 aliphatic heterocycles. The molecule has 0 saturated heterocycles. The molecule has 0 aliphatic carbocycles. The third-order valence-corrected chi connectivity index (χ3v) is 10.6. The smallest absolute Gasteiger partial charge is 0.253 e. The second-order valence-corrected chi connectivity index (χ2v) is 16.7. The number of anilines is 2. The van der Waals surface area contributed by atoms with E-state index in [-0.39, 0.29) is 74.0 Å². The summed E-state index contributed by atoms with van der Waals surface area (Å²) in [5.41, 5.74) is 8.85. The third-order valence-electron chi connectivity index (χ3n) is 10.6. The van der Waals surface area contributed by atoms with Crippen molar-refractivity contribution in [2.75, 3.05) is 30.8 Å². The lowest BCUT2D eigenvalue weighted by molar-refractivity contribution is -0.139. The first-order valence-electron chi connectivity index (χ1n) is 21.6. The maximum Gasteiger partial charge on any atom is 0.253 e. The van der Waals surface area contributed by atoms with E-state index in [1.807, 2.05) is 43.4 Å². The first-order valence-corrected chi connectivity index (χ1v) is 21.6. The van der Waals surface area contributed by atoms with Gasteiger partial charge in [0.05, 0.1) is 12.1 Å². The van der Waals surface area contributed by atoms with Gasteiger partial charge in [0, 0.05) is 99.4 Å². The molecule has 2 aromatic carbocycles. The van der Waals surface area contributed by atoms with Crippen molar-refractivity contribution in [1.29, 1.82) is 0 Å². The van der Waals surface area contributed by atoms with E-state index in [1.165, 1.54) is 0 Å². The molecule has 0 bridgehead atoms. The Labute approximate surface area is 379 Å². The van der Waals surface area contributed by atoms with Crippen molar-refractivity contribution in [3.05, 3.63) is 84.0 Å². The zero-order valence-corrected chi connectivity index (χ0v) is 38.1. The minimum atomic E-state index is -0.773. The molecule has 0 aromatic heterocycles. The molecule has 18 nitrogen and oxygen atoms in total. The summed E-state index contributed by atoms with van der Waals surface area (Å²) in [6.45, 7) is 11.5. The van der Waals surface area contributed by atoms with Crippen molar-refractivity contribution in [3.8, 4) is 0 Å². The molecule has 0 fully saturated rings. The fourth-order valence-corrected chi connectivity index (χ4v) is 6.67. The number of nitrogens with two attached hydrogens (primary N) is 1. The van der Waals surface area contributed by atoms with Crippen LogP contribution in [0.15, 0.2) is 72.8 Å². The van der Waals surface area contributed by atoms with E-state index >= 15 is 0 Å². The molecular weight excluding hydrogens is 837 g/mol.